The summed E-state index contributed by atoms with van der Waals surface area (Å²) in [7, 11) is 0. The number of aromatic nitrogens is 2. The van der Waals surface area contributed by atoms with Gasteiger partial charge in [0.2, 0.25) is 0 Å². The highest BCUT2D eigenvalue weighted by atomic mass is 16.3. The Hall–Kier alpha value is -2.13. The Labute approximate surface area is 118 Å². The normalized spacial score (nSPS) is 11.2. The van der Waals surface area contributed by atoms with Crippen LogP contribution >= 0.6 is 0 Å². The first-order valence-electron chi connectivity index (χ1n) is 6.80. The molecule has 3 rings (SSSR count). The molecule has 0 saturated carbocycles. The molecule has 3 aromatic rings. The highest BCUT2D eigenvalue weighted by molar-refractivity contribution is 5.46. The van der Waals surface area contributed by atoms with Crippen molar-refractivity contribution in [2.75, 3.05) is 0 Å². The van der Waals surface area contributed by atoms with E-state index in [1.54, 1.807) is 0 Å². The van der Waals surface area contributed by atoms with Crippen LogP contribution in [-0.2, 0) is 13.0 Å². The molecule has 0 aliphatic carbocycles. The van der Waals surface area contributed by atoms with Crippen LogP contribution in [0, 0.1) is 13.8 Å². The van der Waals surface area contributed by atoms with E-state index in [4.69, 9.17) is 0 Å². The van der Waals surface area contributed by atoms with Crippen LogP contribution < -0.4 is 0 Å². The summed E-state index contributed by atoms with van der Waals surface area (Å²) in [6, 6.07) is 12.5. The van der Waals surface area contributed by atoms with Gasteiger partial charge in [0.1, 0.15) is 5.65 Å². The Morgan fingerprint density at radius 1 is 1.10 bits per heavy atom. The average Bonchev–Trinajstić information content (AvgIpc) is 2.74. The van der Waals surface area contributed by atoms with Gasteiger partial charge in [-0.1, -0.05) is 29.8 Å². The number of rotatable bonds is 3. The Bertz CT molecular complexity index is 759. The molecule has 0 unspecified atom stereocenters. The Morgan fingerprint density at radius 3 is 2.65 bits per heavy atom. The number of aliphatic hydroxyl groups excluding tert-OH is 1. The molecule has 20 heavy (non-hydrogen) atoms. The van der Waals surface area contributed by atoms with E-state index in [2.05, 4.69) is 36.2 Å². The molecule has 1 aromatic carbocycles. The predicted molar refractivity (Wildman–Crippen MR) is 79.8 cm³/mol. The summed E-state index contributed by atoms with van der Waals surface area (Å²) in [5.74, 6) is 0. The first kappa shape index (κ1) is 12.9. The van der Waals surface area contributed by atoms with Crippen molar-refractivity contribution in [3.63, 3.8) is 0 Å². The van der Waals surface area contributed by atoms with Crippen molar-refractivity contribution in [3.05, 3.63) is 70.7 Å². The van der Waals surface area contributed by atoms with Crippen molar-refractivity contribution < 1.29 is 5.11 Å². The molecular weight excluding hydrogens is 248 g/mol. The van der Waals surface area contributed by atoms with E-state index in [0.29, 0.717) is 0 Å². The molecule has 1 N–H and O–H groups in total. The summed E-state index contributed by atoms with van der Waals surface area (Å²) in [6.07, 6.45) is 2.72. The molecule has 2 aromatic heterocycles. The smallest absolute Gasteiger partial charge is 0.137 e. The van der Waals surface area contributed by atoms with Crippen LogP contribution in [0.5, 0.6) is 0 Å². The maximum Gasteiger partial charge on any atom is 0.137 e. The van der Waals surface area contributed by atoms with Gasteiger partial charge in [0.05, 0.1) is 18.0 Å². The van der Waals surface area contributed by atoms with Crippen LogP contribution in [-0.4, -0.2) is 14.5 Å². The van der Waals surface area contributed by atoms with Gasteiger partial charge in [-0.05, 0) is 37.1 Å². The molecule has 0 saturated heterocycles. The van der Waals surface area contributed by atoms with Crippen LogP contribution in [0.3, 0.4) is 0 Å². The molecule has 0 fully saturated rings. The summed E-state index contributed by atoms with van der Waals surface area (Å²) in [5.41, 5.74) is 6.36. The summed E-state index contributed by atoms with van der Waals surface area (Å²) in [6.45, 7) is 4.14. The molecule has 102 valence electrons. The highest BCUT2D eigenvalue weighted by Gasteiger charge is 2.11. The fraction of sp³-hybridized carbons (Fsp3) is 0.235. The minimum absolute atomic E-state index is 0.00533. The van der Waals surface area contributed by atoms with Gasteiger partial charge in [-0.25, -0.2) is 4.98 Å². The van der Waals surface area contributed by atoms with Gasteiger partial charge >= 0.3 is 0 Å². The van der Waals surface area contributed by atoms with Gasteiger partial charge in [-0.3, -0.25) is 0 Å². The zero-order valence-corrected chi connectivity index (χ0v) is 11.8. The quantitative estimate of drug-likeness (QED) is 0.791. The van der Waals surface area contributed by atoms with Gasteiger partial charge < -0.3 is 9.51 Å². The summed E-state index contributed by atoms with van der Waals surface area (Å²) in [5, 5.41) is 9.65. The van der Waals surface area contributed by atoms with Gasteiger partial charge in [0.25, 0.3) is 0 Å². The molecular formula is C17H18N2O. The second kappa shape index (κ2) is 5.10. The lowest BCUT2D eigenvalue weighted by Crippen LogP contribution is -1.98. The SMILES string of the molecule is Cc1cccc(Cc2nc3cc(C)ccn3c2CO)c1. The molecule has 0 amide bonds. The number of benzene rings is 1. The number of pyridine rings is 1. The van der Waals surface area contributed by atoms with Crippen molar-refractivity contribution >= 4 is 5.65 Å². The first-order chi connectivity index (χ1) is 9.67. The molecule has 0 aliphatic heterocycles. The van der Waals surface area contributed by atoms with E-state index in [0.717, 1.165) is 23.5 Å². The maximum absolute atomic E-state index is 9.65. The van der Waals surface area contributed by atoms with Crippen LogP contribution in [0.4, 0.5) is 0 Å². The third kappa shape index (κ3) is 2.32. The zero-order valence-electron chi connectivity index (χ0n) is 11.8. The summed E-state index contributed by atoms with van der Waals surface area (Å²) >= 11 is 0. The molecule has 0 bridgehead atoms. The maximum atomic E-state index is 9.65. The van der Waals surface area contributed by atoms with Gasteiger partial charge in [-0.15, -0.1) is 0 Å². The molecule has 3 heteroatoms. The van der Waals surface area contributed by atoms with E-state index in [9.17, 15) is 5.11 Å². The van der Waals surface area contributed by atoms with E-state index in [1.807, 2.05) is 29.7 Å². The Balaban J connectivity index is 2.06. The number of imidazole rings is 1. The van der Waals surface area contributed by atoms with E-state index < -0.39 is 0 Å². The molecule has 0 atom stereocenters. The molecule has 2 heterocycles. The number of aryl methyl sites for hydroxylation is 2. The Morgan fingerprint density at radius 2 is 1.90 bits per heavy atom. The van der Waals surface area contributed by atoms with Crippen molar-refractivity contribution in [2.45, 2.75) is 26.9 Å². The van der Waals surface area contributed by atoms with Crippen LogP contribution in [0.1, 0.15) is 28.1 Å². The second-order valence-corrected chi connectivity index (χ2v) is 5.26. The fourth-order valence-corrected chi connectivity index (χ4v) is 2.57. The summed E-state index contributed by atoms with van der Waals surface area (Å²) < 4.78 is 1.97. The van der Waals surface area contributed by atoms with Gasteiger partial charge in [0.15, 0.2) is 0 Å². The number of fused-ring (bicyclic) bond motifs is 1. The number of hydrogen-bond donors (Lipinski definition) is 1. The van der Waals surface area contributed by atoms with E-state index >= 15 is 0 Å². The summed E-state index contributed by atoms with van der Waals surface area (Å²) in [4.78, 5) is 4.67. The topological polar surface area (TPSA) is 37.5 Å². The third-order valence-electron chi connectivity index (χ3n) is 3.57. The van der Waals surface area contributed by atoms with E-state index in [-0.39, 0.29) is 6.61 Å². The van der Waals surface area contributed by atoms with Crippen LogP contribution in [0.15, 0.2) is 42.6 Å². The minimum atomic E-state index is 0.00533. The average molecular weight is 266 g/mol. The van der Waals surface area contributed by atoms with Crippen molar-refractivity contribution in [2.24, 2.45) is 0 Å². The first-order valence-corrected chi connectivity index (χ1v) is 6.80. The van der Waals surface area contributed by atoms with Gasteiger partial charge in [0, 0.05) is 12.6 Å². The van der Waals surface area contributed by atoms with Gasteiger partial charge in [-0.2, -0.15) is 0 Å². The molecule has 0 radical (unpaired) electrons. The lowest BCUT2D eigenvalue weighted by atomic mass is 10.1. The second-order valence-electron chi connectivity index (χ2n) is 5.26. The molecule has 0 spiro atoms. The number of nitrogens with zero attached hydrogens (tertiary/aromatic N) is 2. The third-order valence-corrected chi connectivity index (χ3v) is 3.57. The van der Waals surface area contributed by atoms with Crippen molar-refractivity contribution in [3.8, 4) is 0 Å². The minimum Gasteiger partial charge on any atom is -0.390 e. The highest BCUT2D eigenvalue weighted by Crippen LogP contribution is 2.18. The molecule has 3 nitrogen and oxygen atoms in total. The lowest BCUT2D eigenvalue weighted by molar-refractivity contribution is 0.274. The predicted octanol–water partition coefficient (Wildman–Crippen LogP) is 3.03. The van der Waals surface area contributed by atoms with E-state index in [1.165, 1.54) is 16.7 Å². The standard InChI is InChI=1S/C17H18N2O/c1-12-4-3-5-14(8-12)10-15-16(11-20)19-7-6-13(2)9-17(19)18-15/h3-9,20H,10-11H2,1-2H3. The number of hydrogen-bond acceptors (Lipinski definition) is 2. The van der Waals surface area contributed by atoms with Crippen LogP contribution in [0.25, 0.3) is 5.65 Å². The zero-order chi connectivity index (χ0) is 14.1. The molecule has 0 aliphatic rings. The number of aliphatic hydroxyl groups is 1. The fourth-order valence-electron chi connectivity index (χ4n) is 2.57. The lowest BCUT2D eigenvalue weighted by Gasteiger charge is -2.03. The van der Waals surface area contributed by atoms with Crippen LogP contribution in [0.2, 0.25) is 0 Å². The van der Waals surface area contributed by atoms with Crippen molar-refractivity contribution in [1.29, 1.82) is 0 Å². The monoisotopic (exact) mass is 266 g/mol. The van der Waals surface area contributed by atoms with Crippen molar-refractivity contribution in [1.82, 2.24) is 9.38 Å². The largest absolute Gasteiger partial charge is 0.390 e. The Kier molecular flexibility index (Phi) is 3.28.